The van der Waals surface area contributed by atoms with Gasteiger partial charge in [0.1, 0.15) is 0 Å². The van der Waals surface area contributed by atoms with Gasteiger partial charge in [-0.05, 0) is 23.6 Å². The Hall–Kier alpha value is -2.31. The lowest BCUT2D eigenvalue weighted by Crippen LogP contribution is -2.04. The van der Waals surface area contributed by atoms with Crippen molar-refractivity contribution in [1.82, 2.24) is 0 Å². The largest absolute Gasteiger partial charge is 0.469 e. The number of esters is 1. The van der Waals surface area contributed by atoms with Gasteiger partial charge in [0.25, 0.3) is 5.69 Å². The molecular weight excluding hydrogens is 288 g/mol. The highest BCUT2D eigenvalue weighted by Gasteiger charge is 2.18. The number of hydrogen-bond acceptors (Lipinski definition) is 5. The van der Waals surface area contributed by atoms with E-state index in [0.717, 1.165) is 0 Å². The number of carbonyl (C=O) groups is 1. The van der Waals surface area contributed by atoms with Gasteiger partial charge < -0.3 is 4.74 Å². The van der Waals surface area contributed by atoms with E-state index in [0.29, 0.717) is 5.56 Å². The molecule has 0 aromatic heterocycles. The maximum absolute atomic E-state index is 11.1. The zero-order valence-electron chi connectivity index (χ0n) is 10.5. The second-order valence-corrected chi connectivity index (χ2v) is 4.21. The zero-order chi connectivity index (χ0) is 15.1. The Kier molecular flexibility index (Phi) is 5.76. The molecule has 0 aliphatic rings. The second kappa shape index (κ2) is 7.32. The van der Waals surface area contributed by atoms with Gasteiger partial charge >= 0.3 is 5.97 Å². The molecule has 0 heterocycles. The number of azide groups is 1. The van der Waals surface area contributed by atoms with Gasteiger partial charge in [-0.15, -0.1) is 0 Å². The van der Waals surface area contributed by atoms with E-state index in [-0.39, 0.29) is 23.6 Å². The highest BCUT2D eigenvalue weighted by molar-refractivity contribution is 6.31. The lowest BCUT2D eigenvalue weighted by molar-refractivity contribution is -0.384. The topological polar surface area (TPSA) is 118 Å². The summed E-state index contributed by atoms with van der Waals surface area (Å²) in [6, 6.07) is 3.07. The lowest BCUT2D eigenvalue weighted by atomic mass is 10.0. The average Bonchev–Trinajstić information content (AvgIpc) is 2.43. The monoisotopic (exact) mass is 298 g/mol. The Morgan fingerprint density at radius 3 is 2.90 bits per heavy atom. The van der Waals surface area contributed by atoms with E-state index in [4.69, 9.17) is 17.1 Å². The summed E-state index contributed by atoms with van der Waals surface area (Å²) in [5, 5.41) is 14.5. The van der Waals surface area contributed by atoms with Gasteiger partial charge in [-0.25, -0.2) is 0 Å². The first kappa shape index (κ1) is 15.7. The number of halogens is 1. The molecule has 0 saturated carbocycles. The normalized spacial score (nSPS) is 11.3. The Balaban J connectivity index is 3.07. The van der Waals surface area contributed by atoms with E-state index in [9.17, 15) is 14.9 Å². The van der Waals surface area contributed by atoms with Gasteiger partial charge in [0, 0.05) is 28.5 Å². The van der Waals surface area contributed by atoms with Crippen LogP contribution in [0.5, 0.6) is 0 Å². The van der Waals surface area contributed by atoms with Crippen LogP contribution in [0.15, 0.2) is 23.3 Å². The van der Waals surface area contributed by atoms with Crippen molar-refractivity contribution in [3.8, 4) is 0 Å². The third kappa shape index (κ3) is 4.11. The highest BCUT2D eigenvalue weighted by Crippen LogP contribution is 2.32. The molecule has 0 aliphatic carbocycles. The van der Waals surface area contributed by atoms with Crippen molar-refractivity contribution in [2.75, 3.05) is 7.11 Å². The number of methoxy groups -OCH3 is 1. The minimum atomic E-state index is -0.772. The number of nitrogens with zero attached hydrogens (tertiary/aromatic N) is 4. The van der Waals surface area contributed by atoms with Crippen molar-refractivity contribution < 1.29 is 14.5 Å². The standard InChI is InChI=1S/C11H11ClN4O4/c1-20-11(17)5-4-10(14-15-13)8-6-7(16(18)19)2-3-9(8)12/h2-3,6,10H,4-5H2,1H3. The summed E-state index contributed by atoms with van der Waals surface area (Å²) in [6.45, 7) is 0. The quantitative estimate of drug-likeness (QED) is 0.199. The van der Waals surface area contributed by atoms with Crippen molar-refractivity contribution in [1.29, 1.82) is 0 Å². The first-order valence-corrected chi connectivity index (χ1v) is 5.92. The molecule has 1 aromatic carbocycles. The first-order chi connectivity index (χ1) is 9.49. The van der Waals surface area contributed by atoms with E-state index >= 15 is 0 Å². The molecule has 1 atom stereocenters. The fourth-order valence-electron chi connectivity index (χ4n) is 1.59. The second-order valence-electron chi connectivity index (χ2n) is 3.80. The predicted octanol–water partition coefficient (Wildman–Crippen LogP) is 3.55. The number of carbonyl (C=O) groups excluding carboxylic acids is 1. The molecule has 9 heteroatoms. The molecular formula is C11H11ClN4O4. The van der Waals surface area contributed by atoms with Gasteiger partial charge in [0.15, 0.2) is 0 Å². The zero-order valence-corrected chi connectivity index (χ0v) is 11.3. The Bertz CT molecular complexity index is 572. The molecule has 8 nitrogen and oxygen atoms in total. The number of rotatable bonds is 6. The van der Waals surface area contributed by atoms with Crippen LogP contribution in [0.4, 0.5) is 5.69 Å². The van der Waals surface area contributed by atoms with Crippen molar-refractivity contribution in [2.45, 2.75) is 18.9 Å². The van der Waals surface area contributed by atoms with E-state index in [2.05, 4.69) is 14.8 Å². The molecule has 106 valence electrons. The fraction of sp³-hybridized carbons (Fsp3) is 0.364. The van der Waals surface area contributed by atoms with Crippen LogP contribution in [-0.4, -0.2) is 18.0 Å². The van der Waals surface area contributed by atoms with Crippen LogP contribution in [0.3, 0.4) is 0 Å². The van der Waals surface area contributed by atoms with Crippen LogP contribution in [0.1, 0.15) is 24.4 Å². The van der Waals surface area contributed by atoms with Crippen LogP contribution in [0.2, 0.25) is 5.02 Å². The molecule has 0 N–H and O–H groups in total. The predicted molar refractivity (Wildman–Crippen MR) is 71.2 cm³/mol. The summed E-state index contributed by atoms with van der Waals surface area (Å²) in [7, 11) is 1.24. The Morgan fingerprint density at radius 1 is 1.65 bits per heavy atom. The molecule has 0 saturated heterocycles. The molecule has 0 fully saturated rings. The molecule has 0 spiro atoms. The number of nitro groups is 1. The van der Waals surface area contributed by atoms with Crippen molar-refractivity contribution in [3.05, 3.63) is 49.3 Å². The van der Waals surface area contributed by atoms with Crippen molar-refractivity contribution in [3.63, 3.8) is 0 Å². The molecule has 0 aliphatic heterocycles. The summed E-state index contributed by atoms with van der Waals surface area (Å²) in [6.07, 6.45) is 0.164. The van der Waals surface area contributed by atoms with Gasteiger partial charge in [-0.3, -0.25) is 14.9 Å². The third-order valence-electron chi connectivity index (χ3n) is 2.59. The summed E-state index contributed by atoms with van der Waals surface area (Å²) < 4.78 is 4.49. The molecule has 0 bridgehead atoms. The number of ether oxygens (including phenoxy) is 1. The average molecular weight is 299 g/mol. The molecule has 1 unspecified atom stereocenters. The Morgan fingerprint density at radius 2 is 2.35 bits per heavy atom. The molecule has 0 radical (unpaired) electrons. The molecule has 1 aromatic rings. The van der Waals surface area contributed by atoms with E-state index in [1.54, 1.807) is 0 Å². The summed E-state index contributed by atoms with van der Waals surface area (Å²) in [5.74, 6) is -0.468. The first-order valence-electron chi connectivity index (χ1n) is 5.54. The minimum absolute atomic E-state index is 0.0131. The number of benzene rings is 1. The fourth-order valence-corrected chi connectivity index (χ4v) is 1.84. The maximum Gasteiger partial charge on any atom is 0.305 e. The van der Waals surface area contributed by atoms with Gasteiger partial charge in [0.05, 0.1) is 18.1 Å². The van der Waals surface area contributed by atoms with Crippen molar-refractivity contribution >= 4 is 23.3 Å². The van der Waals surface area contributed by atoms with Crippen LogP contribution in [0.25, 0.3) is 10.4 Å². The lowest BCUT2D eigenvalue weighted by Gasteiger charge is -2.12. The highest BCUT2D eigenvalue weighted by atomic mass is 35.5. The number of nitro benzene ring substituents is 1. The minimum Gasteiger partial charge on any atom is -0.469 e. The van der Waals surface area contributed by atoms with E-state index < -0.39 is 16.9 Å². The summed E-state index contributed by atoms with van der Waals surface area (Å²) in [4.78, 5) is 24.0. The van der Waals surface area contributed by atoms with Gasteiger partial charge in [-0.1, -0.05) is 16.7 Å². The van der Waals surface area contributed by atoms with Crippen LogP contribution >= 0.6 is 11.6 Å². The molecule has 0 amide bonds. The number of non-ortho nitro benzene ring substituents is 1. The summed E-state index contributed by atoms with van der Waals surface area (Å²) in [5.41, 5.74) is 8.70. The summed E-state index contributed by atoms with van der Waals surface area (Å²) >= 11 is 5.96. The van der Waals surface area contributed by atoms with Gasteiger partial charge in [-0.2, -0.15) is 0 Å². The van der Waals surface area contributed by atoms with E-state index in [1.165, 1.54) is 25.3 Å². The van der Waals surface area contributed by atoms with Crippen LogP contribution in [0, 0.1) is 10.1 Å². The smallest absolute Gasteiger partial charge is 0.305 e. The third-order valence-corrected chi connectivity index (χ3v) is 2.93. The van der Waals surface area contributed by atoms with Gasteiger partial charge in [0.2, 0.25) is 0 Å². The van der Waals surface area contributed by atoms with Crippen LogP contribution < -0.4 is 0 Å². The molecule has 1 rings (SSSR count). The number of hydrogen-bond donors (Lipinski definition) is 0. The SMILES string of the molecule is COC(=O)CCC(N=[N+]=[N-])c1cc([N+](=O)[O-])ccc1Cl. The molecule has 20 heavy (non-hydrogen) atoms. The van der Waals surface area contributed by atoms with Crippen LogP contribution in [-0.2, 0) is 9.53 Å². The Labute approximate surface area is 119 Å². The maximum atomic E-state index is 11.1. The van der Waals surface area contributed by atoms with Crippen molar-refractivity contribution in [2.24, 2.45) is 5.11 Å². The van der Waals surface area contributed by atoms with E-state index in [1.807, 2.05) is 0 Å².